The first-order valence-electron chi connectivity index (χ1n) is 12.2. The number of aryl methyl sites for hydroxylation is 3. The molecule has 5 aromatic rings. The second-order valence-electron chi connectivity index (χ2n) is 9.33. The van der Waals surface area contributed by atoms with Crippen LogP contribution in [-0.2, 0) is 4.74 Å². The molecule has 1 aliphatic rings. The van der Waals surface area contributed by atoms with Gasteiger partial charge >= 0.3 is 6.09 Å². The van der Waals surface area contributed by atoms with E-state index in [0.29, 0.717) is 23.1 Å². The lowest BCUT2D eigenvalue weighted by Gasteiger charge is -2.28. The fourth-order valence-corrected chi connectivity index (χ4v) is 5.59. The van der Waals surface area contributed by atoms with E-state index in [4.69, 9.17) is 23.9 Å². The molecule has 0 saturated heterocycles. The van der Waals surface area contributed by atoms with Crippen molar-refractivity contribution < 1.29 is 23.7 Å². The van der Waals surface area contributed by atoms with Crippen LogP contribution in [0, 0.1) is 20.8 Å². The molecule has 198 valence electrons. The molecule has 0 radical (unpaired) electrons. The number of amides is 1. The first-order valence-corrected chi connectivity index (χ1v) is 13.0. The molecular weight excluding hydrogens is 518 g/mol. The van der Waals surface area contributed by atoms with Gasteiger partial charge in [0.05, 0.1) is 41.7 Å². The Morgan fingerprint density at radius 1 is 1.05 bits per heavy atom. The quantitative estimate of drug-likeness (QED) is 0.286. The molecule has 2 aromatic carbocycles. The van der Waals surface area contributed by atoms with E-state index in [1.165, 1.54) is 16.2 Å². The number of nitrogens with zero attached hydrogens (tertiary/aromatic N) is 5. The fraction of sp³-hybridized carbons (Fsp3) is 0.250. The molecule has 1 atom stereocenters. The van der Waals surface area contributed by atoms with Gasteiger partial charge in [-0.15, -0.1) is 11.3 Å². The third kappa shape index (κ3) is 4.54. The minimum atomic E-state index is -0.902. The average molecular weight is 544 g/mol. The van der Waals surface area contributed by atoms with Crippen LogP contribution in [0.2, 0.25) is 0 Å². The van der Waals surface area contributed by atoms with Crippen molar-refractivity contribution in [3.05, 3.63) is 59.5 Å². The number of ether oxygens (including phenoxy) is 4. The van der Waals surface area contributed by atoms with E-state index in [1.807, 2.05) is 39.0 Å². The Morgan fingerprint density at radius 3 is 2.69 bits per heavy atom. The molecule has 6 rings (SSSR count). The number of hydrogen-bond donors (Lipinski definition) is 0. The van der Waals surface area contributed by atoms with Crippen LogP contribution in [0.25, 0.3) is 31.8 Å². The lowest BCUT2D eigenvalue weighted by atomic mass is 10.1. The van der Waals surface area contributed by atoms with Crippen LogP contribution >= 0.6 is 11.3 Å². The van der Waals surface area contributed by atoms with E-state index in [0.717, 1.165) is 48.5 Å². The molecule has 39 heavy (non-hydrogen) atoms. The van der Waals surface area contributed by atoms with Gasteiger partial charge in [0, 0.05) is 18.8 Å². The van der Waals surface area contributed by atoms with Crippen molar-refractivity contribution in [2.24, 2.45) is 0 Å². The third-order valence-electron chi connectivity index (χ3n) is 6.36. The lowest BCUT2D eigenvalue weighted by molar-refractivity contribution is -0.0718. The highest BCUT2D eigenvalue weighted by atomic mass is 32.1. The summed E-state index contributed by atoms with van der Waals surface area (Å²) in [5.41, 5.74) is 6.68. The van der Waals surface area contributed by atoms with Crippen molar-refractivity contribution in [2.75, 3.05) is 25.7 Å². The van der Waals surface area contributed by atoms with Crippen molar-refractivity contribution in [3.8, 4) is 28.0 Å². The molecule has 0 aliphatic carbocycles. The minimum absolute atomic E-state index is 0.0443. The Labute approximate surface area is 228 Å². The summed E-state index contributed by atoms with van der Waals surface area (Å²) < 4.78 is 23.8. The average Bonchev–Trinajstić information content (AvgIpc) is 3.38. The zero-order valence-electron chi connectivity index (χ0n) is 22.0. The summed E-state index contributed by atoms with van der Waals surface area (Å²) in [6.45, 7) is 5.92. The first-order chi connectivity index (χ1) is 18.8. The summed E-state index contributed by atoms with van der Waals surface area (Å²) in [4.78, 5) is 32.4. The highest BCUT2D eigenvalue weighted by molar-refractivity contribution is 7.22. The maximum absolute atomic E-state index is 12.8. The summed E-state index contributed by atoms with van der Waals surface area (Å²) in [5.74, 6) is 1.53. The molecule has 0 N–H and O–H groups in total. The maximum atomic E-state index is 12.8. The fourth-order valence-electron chi connectivity index (χ4n) is 4.44. The van der Waals surface area contributed by atoms with E-state index in [-0.39, 0.29) is 6.61 Å². The summed E-state index contributed by atoms with van der Waals surface area (Å²) in [7, 11) is 3.19. The van der Waals surface area contributed by atoms with E-state index >= 15 is 0 Å². The molecule has 10 nitrogen and oxygen atoms in total. The number of pyridine rings is 1. The van der Waals surface area contributed by atoms with E-state index < -0.39 is 12.4 Å². The topological polar surface area (TPSA) is 109 Å². The highest BCUT2D eigenvalue weighted by Crippen LogP contribution is 2.46. The second kappa shape index (κ2) is 9.66. The Kier molecular flexibility index (Phi) is 6.15. The molecule has 4 heterocycles. The number of thiazole rings is 1. The molecule has 0 bridgehead atoms. The first kappa shape index (κ1) is 24.8. The van der Waals surface area contributed by atoms with Crippen LogP contribution < -0.4 is 19.1 Å². The van der Waals surface area contributed by atoms with Crippen LogP contribution in [0.1, 0.15) is 16.7 Å². The summed E-state index contributed by atoms with van der Waals surface area (Å²) >= 11 is 1.49. The van der Waals surface area contributed by atoms with E-state index in [9.17, 15) is 4.79 Å². The number of fused-ring (bicyclic) bond motifs is 4. The van der Waals surface area contributed by atoms with Crippen molar-refractivity contribution >= 4 is 44.4 Å². The number of rotatable bonds is 4. The standard InChI is InChI=1S/C28H25N5O5S/c1-14-7-18(24-19(8-14)31-21(35-5)12-30-24)27-32-23-16(3)9-20-25(26(23)39-27)36-13-22(37-20)38-28(34)33(4)17-6-15(2)10-29-11-17/h6-12,22H,13H2,1-5H3. The van der Waals surface area contributed by atoms with Gasteiger partial charge in [0.1, 0.15) is 9.71 Å². The molecule has 0 fully saturated rings. The smallest absolute Gasteiger partial charge is 0.417 e. The number of methoxy groups -OCH3 is 1. The molecule has 1 unspecified atom stereocenters. The van der Waals surface area contributed by atoms with Crippen molar-refractivity contribution in [2.45, 2.75) is 27.1 Å². The van der Waals surface area contributed by atoms with Crippen molar-refractivity contribution in [3.63, 3.8) is 0 Å². The number of carbonyl (C=O) groups excluding carboxylic acids is 1. The van der Waals surface area contributed by atoms with Crippen LogP contribution in [0.3, 0.4) is 0 Å². The Morgan fingerprint density at radius 2 is 1.90 bits per heavy atom. The lowest BCUT2D eigenvalue weighted by Crippen LogP contribution is -2.38. The van der Waals surface area contributed by atoms with Crippen LogP contribution in [0.5, 0.6) is 17.4 Å². The van der Waals surface area contributed by atoms with Crippen molar-refractivity contribution in [1.29, 1.82) is 0 Å². The van der Waals surface area contributed by atoms with E-state index in [2.05, 4.69) is 21.0 Å². The second-order valence-corrected chi connectivity index (χ2v) is 10.3. The third-order valence-corrected chi connectivity index (χ3v) is 7.45. The maximum Gasteiger partial charge on any atom is 0.417 e. The van der Waals surface area contributed by atoms with Gasteiger partial charge in [-0.1, -0.05) is 0 Å². The van der Waals surface area contributed by atoms with Gasteiger partial charge in [-0.2, -0.15) is 0 Å². The Hall–Kier alpha value is -4.51. The molecule has 11 heteroatoms. The van der Waals surface area contributed by atoms with Gasteiger partial charge in [-0.25, -0.2) is 19.7 Å². The largest absolute Gasteiger partial charge is 0.480 e. The number of anilines is 1. The molecule has 0 saturated carbocycles. The molecular formula is C28H25N5O5S. The van der Waals surface area contributed by atoms with Crippen molar-refractivity contribution in [1.82, 2.24) is 19.9 Å². The normalized spacial score (nSPS) is 14.4. The van der Waals surface area contributed by atoms with Gasteiger partial charge in [0.15, 0.2) is 18.1 Å². The summed E-state index contributed by atoms with van der Waals surface area (Å²) in [5, 5.41) is 0.792. The Balaban J connectivity index is 1.30. The SMILES string of the molecule is COc1cnc2c(-c3nc4c(C)cc5c(c4s3)OCC(OC(=O)N(C)c3cncc(C)c3)O5)cc(C)cc2n1. The molecule has 0 spiro atoms. The predicted molar refractivity (Wildman–Crippen MR) is 148 cm³/mol. The van der Waals surface area contributed by atoms with Gasteiger partial charge in [0.2, 0.25) is 5.88 Å². The minimum Gasteiger partial charge on any atom is -0.480 e. The number of aromatic nitrogens is 4. The molecule has 3 aromatic heterocycles. The van der Waals surface area contributed by atoms with Gasteiger partial charge in [-0.3, -0.25) is 9.88 Å². The zero-order valence-corrected chi connectivity index (χ0v) is 22.8. The van der Waals surface area contributed by atoms with E-state index in [1.54, 1.807) is 32.7 Å². The van der Waals surface area contributed by atoms with Crippen LogP contribution in [-0.4, -0.2) is 53.1 Å². The van der Waals surface area contributed by atoms with Gasteiger partial charge < -0.3 is 18.9 Å². The number of carbonyl (C=O) groups is 1. The van der Waals surface area contributed by atoms with Crippen LogP contribution in [0.15, 0.2) is 42.9 Å². The molecule has 1 amide bonds. The number of hydrogen-bond acceptors (Lipinski definition) is 10. The summed E-state index contributed by atoms with van der Waals surface area (Å²) in [6, 6.07) is 7.73. The highest BCUT2D eigenvalue weighted by Gasteiger charge is 2.30. The van der Waals surface area contributed by atoms with Crippen LogP contribution in [0.4, 0.5) is 10.5 Å². The zero-order chi connectivity index (χ0) is 27.3. The Bertz CT molecular complexity index is 1750. The summed E-state index contributed by atoms with van der Waals surface area (Å²) in [6.07, 6.45) is 3.45. The number of benzene rings is 2. The predicted octanol–water partition coefficient (Wildman–Crippen LogP) is 5.61. The van der Waals surface area contributed by atoms with Gasteiger partial charge in [0.25, 0.3) is 6.29 Å². The molecule has 1 aliphatic heterocycles. The van der Waals surface area contributed by atoms with Gasteiger partial charge in [-0.05, 0) is 61.7 Å². The monoisotopic (exact) mass is 543 g/mol.